The highest BCUT2D eigenvalue weighted by atomic mass is 19.4. The minimum absolute atomic E-state index is 0.0564. The topological polar surface area (TPSA) is 55.8 Å². The Morgan fingerprint density at radius 1 is 0.923 bits per heavy atom. The Balaban J connectivity index is 1.17. The van der Waals surface area contributed by atoms with Gasteiger partial charge < -0.3 is 9.47 Å². The number of ketones is 1. The van der Waals surface area contributed by atoms with Crippen LogP contribution in [0.25, 0.3) is 11.1 Å². The Morgan fingerprint density at radius 3 is 2.10 bits per heavy atom. The minimum Gasteiger partial charge on any atom is -0.448 e. The van der Waals surface area contributed by atoms with Crippen LogP contribution in [0.1, 0.15) is 51.4 Å². The molecule has 2 saturated heterocycles. The van der Waals surface area contributed by atoms with Crippen LogP contribution in [0.2, 0.25) is 0 Å². The summed E-state index contributed by atoms with van der Waals surface area (Å²) in [5, 5.41) is 0. The van der Waals surface area contributed by atoms with Gasteiger partial charge in [0.15, 0.2) is 5.78 Å². The molecule has 5 nitrogen and oxygen atoms in total. The van der Waals surface area contributed by atoms with Crippen LogP contribution >= 0.6 is 0 Å². The number of piperidine rings is 1. The number of amides is 1. The van der Waals surface area contributed by atoms with Crippen LogP contribution in [-0.2, 0) is 15.7 Å². The standard InChI is InChI=1S/C31H28F3NO4/c1-18-10-19(12-21(11-18)31(32,33)34)29(36)20-13-22-15-38-16-23(14-20)35(22)30(37)39-17-28-26-8-4-2-6-24(26)25-7-3-5-9-27(25)28/h2-12,20,22-23,28H,13-17H2,1H3. The summed E-state index contributed by atoms with van der Waals surface area (Å²) in [6.45, 7) is 2.25. The molecular weight excluding hydrogens is 507 g/mol. The lowest BCUT2D eigenvalue weighted by atomic mass is 9.80. The summed E-state index contributed by atoms with van der Waals surface area (Å²) in [4.78, 5) is 28.4. The number of nitrogens with zero attached hydrogens (tertiary/aromatic N) is 1. The van der Waals surface area contributed by atoms with E-state index in [2.05, 4.69) is 24.3 Å². The Bertz CT molecular complexity index is 1380. The van der Waals surface area contributed by atoms with Gasteiger partial charge >= 0.3 is 12.3 Å². The zero-order valence-corrected chi connectivity index (χ0v) is 21.4. The highest BCUT2D eigenvalue weighted by Gasteiger charge is 2.45. The number of fused-ring (bicyclic) bond motifs is 5. The number of carbonyl (C=O) groups excluding carboxylic acids is 2. The predicted octanol–water partition coefficient (Wildman–Crippen LogP) is 6.63. The van der Waals surface area contributed by atoms with Crippen molar-refractivity contribution in [3.8, 4) is 11.1 Å². The fourth-order valence-electron chi connectivity index (χ4n) is 6.42. The average Bonchev–Trinajstić information content (AvgIpc) is 3.23. The van der Waals surface area contributed by atoms with Gasteiger partial charge in [-0.25, -0.2) is 4.79 Å². The number of morpholine rings is 1. The summed E-state index contributed by atoms with van der Waals surface area (Å²) in [7, 11) is 0. The molecule has 8 heteroatoms. The third-order valence-electron chi connectivity index (χ3n) is 8.13. The van der Waals surface area contributed by atoms with Gasteiger partial charge in [0.2, 0.25) is 0 Å². The third kappa shape index (κ3) is 4.71. The number of hydrogen-bond donors (Lipinski definition) is 0. The molecule has 1 amide bonds. The molecule has 1 aliphatic carbocycles. The zero-order valence-electron chi connectivity index (χ0n) is 21.4. The smallest absolute Gasteiger partial charge is 0.416 e. The van der Waals surface area contributed by atoms with Crippen LogP contribution in [0.3, 0.4) is 0 Å². The average molecular weight is 536 g/mol. The van der Waals surface area contributed by atoms with Crippen LogP contribution in [0.5, 0.6) is 0 Å². The van der Waals surface area contributed by atoms with E-state index in [1.807, 2.05) is 24.3 Å². The molecule has 3 aromatic rings. The number of carbonyl (C=O) groups is 2. The molecule has 0 spiro atoms. The molecule has 202 valence electrons. The van der Waals surface area contributed by atoms with Crippen molar-refractivity contribution in [2.75, 3.05) is 19.8 Å². The minimum atomic E-state index is -4.53. The first-order chi connectivity index (χ1) is 18.7. The van der Waals surface area contributed by atoms with E-state index in [0.29, 0.717) is 18.4 Å². The number of benzene rings is 3. The third-order valence-corrected chi connectivity index (χ3v) is 8.13. The predicted molar refractivity (Wildman–Crippen MR) is 139 cm³/mol. The van der Waals surface area contributed by atoms with E-state index in [1.54, 1.807) is 11.8 Å². The zero-order chi connectivity index (χ0) is 27.3. The molecule has 6 rings (SSSR count). The molecule has 0 N–H and O–H groups in total. The van der Waals surface area contributed by atoms with Gasteiger partial charge in [0.05, 0.1) is 30.9 Å². The molecule has 3 aliphatic rings. The summed E-state index contributed by atoms with van der Waals surface area (Å²) in [5.41, 5.74) is 4.14. The second-order valence-corrected chi connectivity index (χ2v) is 10.7. The van der Waals surface area contributed by atoms with E-state index in [9.17, 15) is 22.8 Å². The quantitative estimate of drug-likeness (QED) is 0.352. The van der Waals surface area contributed by atoms with Crippen molar-refractivity contribution in [2.45, 2.75) is 43.9 Å². The highest BCUT2D eigenvalue weighted by Crippen LogP contribution is 2.45. The number of Topliss-reactive ketones (excluding diaryl/α,β-unsaturated/α-hetero) is 1. The number of rotatable bonds is 4. The maximum Gasteiger partial charge on any atom is 0.416 e. The van der Waals surface area contributed by atoms with E-state index in [-0.39, 0.29) is 49.2 Å². The van der Waals surface area contributed by atoms with Gasteiger partial charge in [-0.1, -0.05) is 48.5 Å². The first-order valence-electron chi connectivity index (χ1n) is 13.1. The second-order valence-electron chi connectivity index (χ2n) is 10.7. The molecule has 2 fully saturated rings. The van der Waals surface area contributed by atoms with Gasteiger partial charge in [-0.3, -0.25) is 9.69 Å². The van der Waals surface area contributed by atoms with Gasteiger partial charge in [-0.2, -0.15) is 13.2 Å². The molecule has 2 heterocycles. The first-order valence-corrected chi connectivity index (χ1v) is 13.1. The van der Waals surface area contributed by atoms with E-state index in [0.717, 1.165) is 34.4 Å². The molecule has 0 saturated carbocycles. The van der Waals surface area contributed by atoms with Crippen molar-refractivity contribution >= 4 is 11.9 Å². The maximum atomic E-state index is 13.4. The largest absolute Gasteiger partial charge is 0.448 e. The van der Waals surface area contributed by atoms with Crippen molar-refractivity contribution in [1.82, 2.24) is 4.90 Å². The van der Waals surface area contributed by atoms with E-state index < -0.39 is 23.8 Å². The van der Waals surface area contributed by atoms with Crippen LogP contribution in [0.15, 0.2) is 66.7 Å². The number of aryl methyl sites for hydroxylation is 1. The lowest BCUT2D eigenvalue weighted by Gasteiger charge is -2.47. The normalized spacial score (nSPS) is 22.3. The second kappa shape index (κ2) is 9.83. The van der Waals surface area contributed by atoms with Gasteiger partial charge in [0.25, 0.3) is 0 Å². The highest BCUT2D eigenvalue weighted by molar-refractivity contribution is 5.98. The Morgan fingerprint density at radius 2 is 1.51 bits per heavy atom. The molecular formula is C31H28F3NO4. The van der Waals surface area contributed by atoms with Crippen LogP contribution in [0.4, 0.5) is 18.0 Å². The molecule has 0 radical (unpaired) electrons. The molecule has 0 aromatic heterocycles. The van der Waals surface area contributed by atoms with Crippen molar-refractivity contribution in [2.24, 2.45) is 5.92 Å². The lowest BCUT2D eigenvalue weighted by Crippen LogP contribution is -2.60. The fraction of sp³-hybridized carbons (Fsp3) is 0.355. The molecule has 39 heavy (non-hydrogen) atoms. The molecule has 2 aliphatic heterocycles. The van der Waals surface area contributed by atoms with Crippen molar-refractivity contribution in [3.63, 3.8) is 0 Å². The van der Waals surface area contributed by atoms with Crippen LogP contribution in [0, 0.1) is 12.8 Å². The maximum absolute atomic E-state index is 13.4. The van der Waals surface area contributed by atoms with Gasteiger partial charge in [-0.15, -0.1) is 0 Å². The van der Waals surface area contributed by atoms with E-state index in [1.165, 1.54) is 6.07 Å². The van der Waals surface area contributed by atoms with Crippen molar-refractivity contribution < 1.29 is 32.2 Å². The van der Waals surface area contributed by atoms with E-state index in [4.69, 9.17) is 9.47 Å². The number of halogens is 3. The Labute approximate surface area is 224 Å². The molecule has 2 unspecified atom stereocenters. The summed E-state index contributed by atoms with van der Waals surface area (Å²) >= 11 is 0. The summed E-state index contributed by atoms with van der Waals surface area (Å²) in [6.07, 6.45) is -4.35. The SMILES string of the molecule is Cc1cc(C(=O)C2CC3COCC(C2)N3C(=O)OCC2c3ccccc3-c3ccccc32)cc(C(F)(F)F)c1. The monoisotopic (exact) mass is 535 g/mol. The number of alkyl halides is 3. The van der Waals surface area contributed by atoms with Crippen molar-refractivity contribution in [1.29, 1.82) is 0 Å². The lowest BCUT2D eigenvalue weighted by molar-refractivity contribution is -0.137. The summed E-state index contributed by atoms with van der Waals surface area (Å²) in [6, 6.07) is 18.9. The Kier molecular flexibility index (Phi) is 6.46. The summed E-state index contributed by atoms with van der Waals surface area (Å²) in [5.74, 6) is -0.890. The molecule has 2 bridgehead atoms. The Hall–Kier alpha value is -3.65. The molecule has 2 atom stereocenters. The molecule has 3 aromatic carbocycles. The van der Waals surface area contributed by atoms with E-state index >= 15 is 0 Å². The van der Waals surface area contributed by atoms with Crippen LogP contribution < -0.4 is 0 Å². The number of ether oxygens (including phenoxy) is 2. The fourth-order valence-corrected chi connectivity index (χ4v) is 6.42. The first kappa shape index (κ1) is 25.6. The van der Waals surface area contributed by atoms with Gasteiger partial charge in [0, 0.05) is 17.4 Å². The van der Waals surface area contributed by atoms with Crippen LogP contribution in [-0.4, -0.2) is 48.7 Å². The summed E-state index contributed by atoms with van der Waals surface area (Å²) < 4.78 is 51.6. The van der Waals surface area contributed by atoms with Gasteiger partial charge in [0.1, 0.15) is 6.61 Å². The van der Waals surface area contributed by atoms with Gasteiger partial charge in [-0.05, 0) is 65.8 Å². The van der Waals surface area contributed by atoms with Crippen molar-refractivity contribution in [3.05, 3.63) is 94.5 Å². The number of hydrogen-bond acceptors (Lipinski definition) is 4.